The van der Waals surface area contributed by atoms with E-state index in [1.165, 1.54) is 25.2 Å². The fourth-order valence-corrected chi connectivity index (χ4v) is 7.82. The van der Waals surface area contributed by atoms with Crippen LogP contribution in [-0.4, -0.2) is 72.5 Å². The van der Waals surface area contributed by atoms with E-state index in [4.69, 9.17) is 0 Å². The van der Waals surface area contributed by atoms with E-state index in [9.17, 15) is 24.6 Å². The molecule has 0 saturated heterocycles. The quantitative estimate of drug-likeness (QED) is 0.487. The number of carbonyl (C=O) groups excluding carboxylic acids is 3. The van der Waals surface area contributed by atoms with Gasteiger partial charge in [0, 0.05) is 30.2 Å². The summed E-state index contributed by atoms with van der Waals surface area (Å²) in [4.78, 5) is 34.6. The van der Waals surface area contributed by atoms with Crippen LogP contribution in [0.3, 0.4) is 0 Å². The van der Waals surface area contributed by atoms with Crippen LogP contribution >= 0.6 is 0 Å². The molecule has 0 radical (unpaired) electrons. The van der Waals surface area contributed by atoms with E-state index in [1.807, 2.05) is 6.92 Å². The highest BCUT2D eigenvalue weighted by Gasteiger charge is 2.75. The van der Waals surface area contributed by atoms with Crippen molar-refractivity contribution in [1.29, 1.82) is 0 Å². The molecule has 7 nitrogen and oxygen atoms in total. The fourth-order valence-electron chi connectivity index (χ4n) is 7.82. The Hall–Kier alpha value is -1.97. The summed E-state index contributed by atoms with van der Waals surface area (Å²) >= 11 is 0. The Morgan fingerprint density at radius 1 is 1.28 bits per heavy atom. The molecule has 0 heterocycles. The summed E-state index contributed by atoms with van der Waals surface area (Å²) in [7, 11) is 1.72. The van der Waals surface area contributed by atoms with Crippen LogP contribution in [0.25, 0.3) is 0 Å². The summed E-state index contributed by atoms with van der Waals surface area (Å²) in [6.07, 6.45) is 1.84. The molecule has 0 spiro atoms. The predicted molar refractivity (Wildman–Crippen MR) is 129 cm³/mol. The van der Waals surface area contributed by atoms with Crippen molar-refractivity contribution in [3.8, 4) is 0 Å². The number of rotatable bonds is 5. The monoisotopic (exact) mass is 511 g/mol. The van der Waals surface area contributed by atoms with Crippen LogP contribution in [0, 0.1) is 28.1 Å². The Bertz CT molecular complexity index is 968. The van der Waals surface area contributed by atoms with E-state index in [1.54, 1.807) is 20.9 Å². The zero-order chi connectivity index (χ0) is 27.1. The molecule has 0 aliphatic heterocycles. The van der Waals surface area contributed by atoms with Gasteiger partial charge in [-0.25, -0.2) is 8.78 Å². The van der Waals surface area contributed by atoms with Gasteiger partial charge in [0.15, 0.2) is 17.2 Å². The lowest BCUT2D eigenvalue weighted by atomic mass is 9.43. The minimum absolute atomic E-state index is 0.0414. The van der Waals surface area contributed by atoms with Gasteiger partial charge in [-0.05, 0) is 75.6 Å². The number of fused-ring (bicyclic) bond motifs is 5. The molecular weight excluding hydrogens is 472 g/mol. The Kier molecular flexibility index (Phi) is 7.99. The van der Waals surface area contributed by atoms with Gasteiger partial charge >= 0.3 is 5.97 Å². The average Bonchev–Trinajstić information content (AvgIpc) is 3.10. The third kappa shape index (κ3) is 3.98. The highest BCUT2D eigenvalue weighted by molar-refractivity contribution is 6.01. The molecule has 0 aromatic carbocycles. The molecule has 8 atom stereocenters. The smallest absolute Gasteiger partial charge is 0.302 e. The molecule has 1 unspecified atom stereocenters. The van der Waals surface area contributed by atoms with Gasteiger partial charge in [0.05, 0.1) is 12.7 Å². The second-order valence-electron chi connectivity index (χ2n) is 11.0. The number of ketones is 2. The molecule has 36 heavy (non-hydrogen) atoms. The van der Waals surface area contributed by atoms with Crippen molar-refractivity contribution in [2.75, 3.05) is 26.8 Å². The SMILES string of the molecule is CCOC(C)=O.CNC[C@]1(C(=O)CO)CCC2[C@@H]3C[C@H](F)C4=CC(=O)C=C[C@]4(C)[C@@]3(F)[C@@H](O)C[C@@]21C. The number of aliphatic hydroxyl groups excluding tert-OH is 2. The first-order valence-corrected chi connectivity index (χ1v) is 12.7. The van der Waals surface area contributed by atoms with Crippen LogP contribution in [0.4, 0.5) is 8.78 Å². The molecule has 4 aliphatic rings. The maximum absolute atomic E-state index is 17.0. The van der Waals surface area contributed by atoms with E-state index in [-0.39, 0.29) is 41.9 Å². The maximum atomic E-state index is 17.0. The number of hydrogen-bond acceptors (Lipinski definition) is 7. The molecule has 3 N–H and O–H groups in total. The molecule has 4 rings (SSSR count). The Balaban J connectivity index is 0.000000538. The third-order valence-electron chi connectivity index (χ3n) is 9.50. The van der Waals surface area contributed by atoms with E-state index in [2.05, 4.69) is 10.1 Å². The molecule has 3 fully saturated rings. The van der Waals surface area contributed by atoms with Gasteiger partial charge in [0.2, 0.25) is 0 Å². The largest absolute Gasteiger partial charge is 0.466 e. The number of esters is 1. The summed E-state index contributed by atoms with van der Waals surface area (Å²) < 4.78 is 36.7. The zero-order valence-corrected chi connectivity index (χ0v) is 21.8. The molecule has 202 valence electrons. The summed E-state index contributed by atoms with van der Waals surface area (Å²) in [5.41, 5.74) is -5.17. The van der Waals surface area contributed by atoms with Crippen molar-refractivity contribution < 1.29 is 38.1 Å². The average molecular weight is 512 g/mol. The molecular formula is C27H39F2NO6. The van der Waals surface area contributed by atoms with Crippen LogP contribution in [0.1, 0.15) is 53.4 Å². The standard InChI is InChI=1S/C23H31F2NO4.C4H8O2/c1-20-6-4-13(28)8-16(20)17(24)9-15-14-5-7-22(12-26-3,19(30)11-27)21(14,2)10-18(29)23(15,20)25;1-3-6-4(2)5/h4,6,8,14-15,17-18,26-27,29H,5,7,9-12H2,1-3H3;3H2,1-2H3/t14?,15-,17-,18-,20-,21-,22-,23-;/m0./s1. The number of hydrogen-bond donors (Lipinski definition) is 3. The topological polar surface area (TPSA) is 113 Å². The zero-order valence-electron chi connectivity index (χ0n) is 21.8. The summed E-state index contributed by atoms with van der Waals surface area (Å²) in [6, 6.07) is 0. The fraction of sp³-hybridized carbons (Fsp3) is 0.741. The van der Waals surface area contributed by atoms with Crippen molar-refractivity contribution in [3.63, 3.8) is 0 Å². The lowest BCUT2D eigenvalue weighted by Crippen LogP contribution is -2.69. The third-order valence-corrected chi connectivity index (χ3v) is 9.50. The Morgan fingerprint density at radius 3 is 2.47 bits per heavy atom. The van der Waals surface area contributed by atoms with Gasteiger partial charge in [-0.15, -0.1) is 0 Å². The van der Waals surface area contributed by atoms with Crippen molar-refractivity contribution in [2.45, 2.75) is 71.3 Å². The van der Waals surface area contributed by atoms with Gasteiger partial charge in [-0.1, -0.05) is 13.0 Å². The highest BCUT2D eigenvalue weighted by Crippen LogP contribution is 2.71. The van der Waals surface area contributed by atoms with Gasteiger partial charge in [0.25, 0.3) is 0 Å². The molecule has 4 aliphatic carbocycles. The van der Waals surface area contributed by atoms with E-state index in [0.29, 0.717) is 26.0 Å². The first-order chi connectivity index (χ1) is 16.8. The van der Waals surface area contributed by atoms with Crippen LogP contribution in [0.2, 0.25) is 0 Å². The summed E-state index contributed by atoms with van der Waals surface area (Å²) in [5.74, 6) is -2.02. The Morgan fingerprint density at radius 2 is 1.94 bits per heavy atom. The van der Waals surface area contributed by atoms with E-state index >= 15 is 8.78 Å². The van der Waals surface area contributed by atoms with Crippen molar-refractivity contribution in [2.24, 2.45) is 28.1 Å². The van der Waals surface area contributed by atoms with Crippen LogP contribution in [-0.2, 0) is 19.1 Å². The van der Waals surface area contributed by atoms with Crippen molar-refractivity contribution >= 4 is 17.5 Å². The first kappa shape index (κ1) is 28.6. The lowest BCUT2D eigenvalue weighted by Gasteiger charge is -2.63. The highest BCUT2D eigenvalue weighted by atomic mass is 19.1. The second-order valence-corrected chi connectivity index (χ2v) is 11.0. The van der Waals surface area contributed by atoms with Crippen LogP contribution in [0.15, 0.2) is 23.8 Å². The van der Waals surface area contributed by atoms with Gasteiger partial charge in [0.1, 0.15) is 12.8 Å². The van der Waals surface area contributed by atoms with Crippen molar-refractivity contribution in [1.82, 2.24) is 5.32 Å². The number of alkyl halides is 2. The number of nitrogens with one attached hydrogen (secondary N) is 1. The normalized spacial score (nSPS) is 42.8. The predicted octanol–water partition coefficient (Wildman–Crippen LogP) is 2.64. The number of allylic oxidation sites excluding steroid dienone is 4. The van der Waals surface area contributed by atoms with E-state index in [0.717, 1.165) is 0 Å². The number of ether oxygens (including phenoxy) is 1. The first-order valence-electron chi connectivity index (χ1n) is 12.7. The van der Waals surface area contributed by atoms with Gasteiger partial charge in [-0.2, -0.15) is 0 Å². The van der Waals surface area contributed by atoms with Crippen LogP contribution in [0.5, 0.6) is 0 Å². The molecule has 0 aromatic heterocycles. The number of carbonyl (C=O) groups is 3. The number of aliphatic hydroxyl groups is 2. The molecule has 9 heteroatoms. The van der Waals surface area contributed by atoms with E-state index < -0.39 is 46.7 Å². The molecule has 0 bridgehead atoms. The minimum atomic E-state index is -2.14. The van der Waals surface area contributed by atoms with Gasteiger partial charge < -0.3 is 20.3 Å². The number of Topliss-reactive ketones (excluding diaryl/α,β-unsaturated/α-hetero) is 1. The second kappa shape index (κ2) is 10.1. The molecule has 0 aromatic rings. The van der Waals surface area contributed by atoms with Crippen LogP contribution < -0.4 is 5.32 Å². The summed E-state index contributed by atoms with van der Waals surface area (Å²) in [5, 5.41) is 24.0. The lowest BCUT2D eigenvalue weighted by molar-refractivity contribution is -0.211. The molecule has 3 saturated carbocycles. The Labute approximate surface area is 211 Å². The maximum Gasteiger partial charge on any atom is 0.302 e. The van der Waals surface area contributed by atoms with Gasteiger partial charge in [-0.3, -0.25) is 14.4 Å². The molecule has 0 amide bonds. The number of halogens is 2. The van der Waals surface area contributed by atoms with Crippen molar-refractivity contribution in [3.05, 3.63) is 23.8 Å². The minimum Gasteiger partial charge on any atom is -0.466 e. The summed E-state index contributed by atoms with van der Waals surface area (Å²) in [6.45, 7) is 6.81.